The van der Waals surface area contributed by atoms with E-state index in [1.54, 1.807) is 0 Å². The Balaban J connectivity index is 1.37. The van der Waals surface area contributed by atoms with Crippen molar-refractivity contribution in [3.8, 4) is 11.5 Å². The predicted octanol–water partition coefficient (Wildman–Crippen LogP) is 7.09. The molecule has 0 amide bonds. The number of carbonyl (C=O) groups is 4. The third kappa shape index (κ3) is 12.9. The lowest BCUT2D eigenvalue weighted by Crippen LogP contribution is -2.29. The van der Waals surface area contributed by atoms with Gasteiger partial charge >= 0.3 is 36.2 Å². The maximum absolute atomic E-state index is 14.4. The maximum Gasteiger partial charge on any atom is 0.422 e. The Labute approximate surface area is 289 Å². The number of alkyl halides is 6. The second-order valence-electron chi connectivity index (χ2n) is 10.6. The normalized spacial score (nSPS) is 16.2. The van der Waals surface area contributed by atoms with E-state index in [4.69, 9.17) is 18.9 Å². The Morgan fingerprint density at radius 1 is 0.635 bits per heavy atom. The minimum absolute atomic E-state index is 0.0583. The van der Waals surface area contributed by atoms with Crippen molar-refractivity contribution in [1.82, 2.24) is 0 Å². The van der Waals surface area contributed by atoms with Gasteiger partial charge in [-0.25, -0.2) is 28.0 Å². The largest absolute Gasteiger partial charge is 0.459 e. The average molecular weight is 749 g/mol. The molecule has 2 aromatic rings. The van der Waals surface area contributed by atoms with Gasteiger partial charge < -0.3 is 28.4 Å². The summed E-state index contributed by atoms with van der Waals surface area (Å²) >= 11 is 0. The van der Waals surface area contributed by atoms with Crippen LogP contribution in [0, 0.1) is 11.6 Å². The number of carbonyl (C=O) groups excluding carboxylic acids is 4. The molecule has 0 N–H and O–H groups in total. The molecule has 1 fully saturated rings. The Morgan fingerprint density at radius 2 is 0.981 bits per heavy atom. The van der Waals surface area contributed by atoms with Crippen molar-refractivity contribution in [2.45, 2.75) is 50.2 Å². The molecule has 10 nitrogen and oxygen atoms in total. The predicted molar refractivity (Wildman–Crippen MR) is 163 cm³/mol. The van der Waals surface area contributed by atoms with E-state index in [2.05, 4.69) is 22.6 Å². The minimum atomic E-state index is -4.98. The van der Waals surface area contributed by atoms with E-state index >= 15 is 0 Å². The molecule has 1 aliphatic rings. The summed E-state index contributed by atoms with van der Waals surface area (Å²) in [5.74, 6) is -7.16. The lowest BCUT2D eigenvalue weighted by atomic mass is 9.95. The summed E-state index contributed by atoms with van der Waals surface area (Å²) in [6.07, 6.45) is -5.50. The zero-order chi connectivity index (χ0) is 38.6. The van der Waals surface area contributed by atoms with Gasteiger partial charge in [0, 0.05) is 35.4 Å². The molecule has 1 saturated carbocycles. The summed E-state index contributed by atoms with van der Waals surface area (Å²) in [5.41, 5.74) is -3.59. The summed E-state index contributed by atoms with van der Waals surface area (Å²) in [7, 11) is 0. The van der Waals surface area contributed by atoms with Gasteiger partial charge in [0.15, 0.2) is 0 Å². The van der Waals surface area contributed by atoms with Crippen LogP contribution in [-0.2, 0) is 38.1 Å². The Morgan fingerprint density at radius 3 is 1.29 bits per heavy atom. The van der Waals surface area contributed by atoms with Gasteiger partial charge in [-0.05, 0) is 62.1 Å². The number of halogens is 8. The second-order valence-corrected chi connectivity index (χ2v) is 10.6. The zero-order valence-electron chi connectivity index (χ0n) is 26.7. The SMILES string of the molecule is C=C(C(=O)OCOc1ccc(/C=C\C(=O)OC2CCC(OC(=O)/C=C\c3ccc(OCOC(=O)C(=C)C(F)(F)F)cc3F)CC2)c(F)c1)C(F)(F)F. The van der Waals surface area contributed by atoms with Gasteiger partial charge in [0.2, 0.25) is 13.6 Å². The third-order valence-corrected chi connectivity index (χ3v) is 6.94. The number of esters is 4. The van der Waals surface area contributed by atoms with E-state index < -0.39 is 84.8 Å². The molecular formula is C34H28F8O10. The fourth-order valence-corrected chi connectivity index (χ4v) is 4.16. The molecule has 280 valence electrons. The van der Waals surface area contributed by atoms with Crippen molar-refractivity contribution in [3.63, 3.8) is 0 Å². The first-order valence-corrected chi connectivity index (χ1v) is 14.8. The summed E-state index contributed by atoms with van der Waals surface area (Å²) < 4.78 is 132. The number of benzene rings is 2. The van der Waals surface area contributed by atoms with Crippen LogP contribution in [0.5, 0.6) is 11.5 Å². The summed E-state index contributed by atoms with van der Waals surface area (Å²) in [4.78, 5) is 47.1. The van der Waals surface area contributed by atoms with Crippen LogP contribution in [0.2, 0.25) is 0 Å². The van der Waals surface area contributed by atoms with Crippen LogP contribution in [0.4, 0.5) is 35.1 Å². The van der Waals surface area contributed by atoms with Gasteiger partial charge in [-0.1, -0.05) is 13.2 Å². The highest BCUT2D eigenvalue weighted by Crippen LogP contribution is 2.27. The third-order valence-electron chi connectivity index (χ3n) is 6.94. The van der Waals surface area contributed by atoms with Crippen molar-refractivity contribution in [1.29, 1.82) is 0 Å². The topological polar surface area (TPSA) is 124 Å². The second kappa shape index (κ2) is 18.0. The summed E-state index contributed by atoms with van der Waals surface area (Å²) in [6.45, 7) is 3.27. The summed E-state index contributed by atoms with van der Waals surface area (Å²) in [6, 6.07) is 6.55. The van der Waals surface area contributed by atoms with Crippen molar-refractivity contribution >= 4 is 36.0 Å². The van der Waals surface area contributed by atoms with E-state index in [9.17, 15) is 54.3 Å². The van der Waals surface area contributed by atoms with Gasteiger partial charge in [-0.2, -0.15) is 26.3 Å². The monoisotopic (exact) mass is 748 g/mol. The molecule has 0 spiro atoms. The van der Waals surface area contributed by atoms with Gasteiger partial charge in [-0.3, -0.25) is 0 Å². The first-order valence-electron chi connectivity index (χ1n) is 14.8. The van der Waals surface area contributed by atoms with Crippen molar-refractivity contribution < 1.29 is 82.7 Å². The first kappa shape index (κ1) is 40.7. The lowest BCUT2D eigenvalue weighted by molar-refractivity contribution is -0.157. The van der Waals surface area contributed by atoms with Gasteiger partial charge in [-0.15, -0.1) is 0 Å². The molecule has 0 saturated heterocycles. The highest BCUT2D eigenvalue weighted by Gasteiger charge is 2.39. The fraction of sp³-hybridized carbons (Fsp3) is 0.294. The van der Waals surface area contributed by atoms with Gasteiger partial charge in [0.05, 0.1) is 0 Å². The van der Waals surface area contributed by atoms with Gasteiger partial charge in [0.1, 0.15) is 46.5 Å². The number of rotatable bonds is 14. The van der Waals surface area contributed by atoms with Gasteiger partial charge in [0.25, 0.3) is 0 Å². The van der Waals surface area contributed by atoms with Crippen LogP contribution >= 0.6 is 0 Å². The minimum Gasteiger partial charge on any atom is -0.459 e. The van der Waals surface area contributed by atoms with Crippen LogP contribution in [0.15, 0.2) is 72.9 Å². The van der Waals surface area contributed by atoms with Crippen LogP contribution < -0.4 is 9.47 Å². The molecule has 0 radical (unpaired) electrons. The average Bonchev–Trinajstić information content (AvgIpc) is 3.06. The molecule has 0 bridgehead atoms. The molecule has 0 unspecified atom stereocenters. The van der Waals surface area contributed by atoms with Crippen LogP contribution in [0.3, 0.4) is 0 Å². The van der Waals surface area contributed by atoms with Crippen LogP contribution in [-0.4, -0.2) is 62.0 Å². The van der Waals surface area contributed by atoms with Crippen molar-refractivity contribution in [2.24, 2.45) is 0 Å². The van der Waals surface area contributed by atoms with E-state index in [0.29, 0.717) is 25.7 Å². The van der Waals surface area contributed by atoms with E-state index in [1.165, 1.54) is 24.3 Å². The highest BCUT2D eigenvalue weighted by molar-refractivity contribution is 5.90. The Hall–Kier alpha value is -5.68. The van der Waals surface area contributed by atoms with Crippen LogP contribution in [0.1, 0.15) is 36.8 Å². The summed E-state index contributed by atoms with van der Waals surface area (Å²) in [5, 5.41) is 0. The molecule has 0 atom stereocenters. The smallest absolute Gasteiger partial charge is 0.422 e. The molecule has 2 aromatic carbocycles. The lowest BCUT2D eigenvalue weighted by Gasteiger charge is -2.27. The standard InChI is InChI=1S/C34H28F8O10/c1-19(33(37,38)39)31(45)49-17-47-25-7-3-21(27(35)15-25)5-13-29(43)51-23-9-11-24(12-10-23)52-30(44)14-6-22-4-8-26(16-28(22)36)48-18-50-32(46)20(2)34(40,41)42/h3-8,13-16,23-24H,1-2,9-12,17-18H2/b13-5-,14-6-. The number of hydrogen-bond donors (Lipinski definition) is 0. The van der Waals surface area contributed by atoms with E-state index in [0.717, 1.165) is 36.4 Å². The van der Waals surface area contributed by atoms with Crippen LogP contribution in [0.25, 0.3) is 12.2 Å². The molecule has 52 heavy (non-hydrogen) atoms. The highest BCUT2D eigenvalue weighted by atomic mass is 19.4. The Bertz CT molecular complexity index is 1600. The molecule has 0 heterocycles. The van der Waals surface area contributed by atoms with E-state index in [-0.39, 0.29) is 22.6 Å². The maximum atomic E-state index is 14.4. The molecule has 0 aliphatic heterocycles. The first-order chi connectivity index (χ1) is 24.3. The van der Waals surface area contributed by atoms with E-state index in [1.807, 2.05) is 0 Å². The Kier molecular flexibility index (Phi) is 14.1. The van der Waals surface area contributed by atoms with Crippen molar-refractivity contribution in [3.05, 3.63) is 95.6 Å². The molecule has 3 rings (SSSR count). The molecule has 18 heteroatoms. The van der Waals surface area contributed by atoms with Crippen molar-refractivity contribution in [2.75, 3.05) is 13.6 Å². The zero-order valence-corrected chi connectivity index (χ0v) is 26.7. The fourth-order valence-electron chi connectivity index (χ4n) is 4.16. The molecular weight excluding hydrogens is 720 g/mol. The molecule has 0 aromatic heterocycles. The molecule has 1 aliphatic carbocycles. The quantitative estimate of drug-likeness (QED) is 0.0651. The number of hydrogen-bond acceptors (Lipinski definition) is 10. The number of ether oxygens (including phenoxy) is 6.